The Balaban J connectivity index is 3.45. The number of hydrogen-bond donors (Lipinski definition) is 3. The van der Waals surface area contributed by atoms with E-state index in [2.05, 4.69) is 43.5 Å². The van der Waals surface area contributed by atoms with Gasteiger partial charge in [-0.1, -0.05) is 256 Å². The first kappa shape index (κ1) is 65.1. The fourth-order valence-electron chi connectivity index (χ4n) is 9.03. The van der Waals surface area contributed by atoms with Gasteiger partial charge in [0.1, 0.15) is 0 Å². The highest BCUT2D eigenvalue weighted by molar-refractivity contribution is 5.76. The second-order valence-corrected chi connectivity index (χ2v) is 20.3. The molecule has 0 heterocycles. The summed E-state index contributed by atoms with van der Waals surface area (Å²) >= 11 is 0. The number of ether oxygens (including phenoxy) is 1. The monoisotopic (exact) mass is 942 g/mol. The molecule has 394 valence electrons. The lowest BCUT2D eigenvalue weighted by molar-refractivity contribution is -0.143. The van der Waals surface area contributed by atoms with Crippen LogP contribution in [0.25, 0.3) is 0 Å². The number of esters is 1. The third-order valence-corrected chi connectivity index (χ3v) is 13.6. The number of carbonyl (C=O) groups is 2. The fourth-order valence-corrected chi connectivity index (χ4v) is 9.03. The topological polar surface area (TPSA) is 95.9 Å². The van der Waals surface area contributed by atoms with Crippen LogP contribution >= 0.6 is 0 Å². The molecule has 0 aliphatic rings. The van der Waals surface area contributed by atoms with Crippen molar-refractivity contribution in [2.24, 2.45) is 0 Å². The van der Waals surface area contributed by atoms with E-state index in [-0.39, 0.29) is 18.5 Å². The van der Waals surface area contributed by atoms with Gasteiger partial charge in [-0.2, -0.15) is 0 Å². The van der Waals surface area contributed by atoms with Crippen LogP contribution in [0.5, 0.6) is 0 Å². The van der Waals surface area contributed by atoms with Crippen molar-refractivity contribution in [3.8, 4) is 0 Å². The molecule has 0 aromatic heterocycles. The molecule has 0 spiro atoms. The Morgan fingerprint density at radius 1 is 0.403 bits per heavy atom. The number of rotatable bonds is 55. The van der Waals surface area contributed by atoms with Crippen LogP contribution < -0.4 is 5.32 Å². The lowest BCUT2D eigenvalue weighted by Crippen LogP contribution is -2.45. The third-order valence-electron chi connectivity index (χ3n) is 13.6. The van der Waals surface area contributed by atoms with E-state index in [0.717, 1.165) is 51.4 Å². The lowest BCUT2D eigenvalue weighted by Gasteiger charge is -2.20. The van der Waals surface area contributed by atoms with Gasteiger partial charge in [-0.25, -0.2) is 0 Å². The molecule has 0 aliphatic heterocycles. The standard InChI is InChI=1S/C61H115NO5/c1-3-5-7-9-11-13-15-17-19-27-31-35-39-43-47-51-55-61(66)67-56-52-48-44-40-36-32-28-25-23-21-20-22-24-26-30-34-38-42-46-50-54-60(65)62-58(57-63)59(64)53-49-45-41-37-33-29-18-16-14-12-10-8-6-4-2/h19-20,22,27,49,53,58-59,63-64H,3-18,21,23-26,28-48,50-52,54-57H2,1-2H3,(H,62,65)/b22-20-,27-19-,53-49+. The van der Waals surface area contributed by atoms with Gasteiger partial charge in [0.2, 0.25) is 5.91 Å². The number of unbranched alkanes of at least 4 members (excludes halogenated alkanes) is 40. The Kier molecular flexibility index (Phi) is 55.0. The van der Waals surface area contributed by atoms with Crippen molar-refractivity contribution in [3.63, 3.8) is 0 Å². The summed E-state index contributed by atoms with van der Waals surface area (Å²) < 4.78 is 5.48. The summed E-state index contributed by atoms with van der Waals surface area (Å²) in [5.41, 5.74) is 0. The van der Waals surface area contributed by atoms with Gasteiger partial charge in [0.15, 0.2) is 0 Å². The fraction of sp³-hybridized carbons (Fsp3) is 0.869. The molecule has 0 bridgehead atoms. The molecule has 0 rings (SSSR count). The number of aliphatic hydroxyl groups excluding tert-OH is 2. The zero-order valence-corrected chi connectivity index (χ0v) is 44.9. The maximum absolute atomic E-state index is 12.4. The first-order valence-corrected chi connectivity index (χ1v) is 29.8. The van der Waals surface area contributed by atoms with Crippen LogP contribution in [0.1, 0.15) is 316 Å². The normalized spacial score (nSPS) is 12.8. The Morgan fingerprint density at radius 2 is 0.701 bits per heavy atom. The average molecular weight is 943 g/mol. The molecule has 0 fully saturated rings. The first-order chi connectivity index (χ1) is 33.0. The molecule has 0 radical (unpaired) electrons. The maximum Gasteiger partial charge on any atom is 0.305 e. The molecule has 0 saturated heterocycles. The predicted octanol–water partition coefficient (Wildman–Crippen LogP) is 18.4. The summed E-state index contributed by atoms with van der Waals surface area (Å²) in [4.78, 5) is 24.5. The number of hydrogen-bond acceptors (Lipinski definition) is 5. The lowest BCUT2D eigenvalue weighted by atomic mass is 10.0. The van der Waals surface area contributed by atoms with Gasteiger partial charge in [-0.3, -0.25) is 9.59 Å². The number of nitrogens with one attached hydrogen (secondary N) is 1. The largest absolute Gasteiger partial charge is 0.466 e. The van der Waals surface area contributed by atoms with Crippen molar-refractivity contribution < 1.29 is 24.5 Å². The zero-order valence-electron chi connectivity index (χ0n) is 44.9. The second kappa shape index (κ2) is 56.7. The van der Waals surface area contributed by atoms with Crippen LogP contribution in [0.2, 0.25) is 0 Å². The summed E-state index contributed by atoms with van der Waals surface area (Å²) in [7, 11) is 0. The summed E-state index contributed by atoms with van der Waals surface area (Å²) in [6, 6.07) is -0.634. The highest BCUT2D eigenvalue weighted by atomic mass is 16.5. The molecule has 0 aromatic rings. The van der Waals surface area contributed by atoms with Gasteiger partial charge in [0.05, 0.1) is 25.4 Å². The van der Waals surface area contributed by atoms with Crippen molar-refractivity contribution in [1.29, 1.82) is 0 Å². The van der Waals surface area contributed by atoms with E-state index in [0.29, 0.717) is 19.4 Å². The van der Waals surface area contributed by atoms with Crippen LogP contribution in [0, 0.1) is 0 Å². The van der Waals surface area contributed by atoms with Crippen LogP contribution in [0.15, 0.2) is 36.5 Å². The molecule has 6 nitrogen and oxygen atoms in total. The molecule has 67 heavy (non-hydrogen) atoms. The number of amides is 1. The molecule has 3 N–H and O–H groups in total. The molecule has 1 amide bonds. The summed E-state index contributed by atoms with van der Waals surface area (Å²) in [6.45, 7) is 4.89. The smallest absolute Gasteiger partial charge is 0.305 e. The molecular formula is C61H115NO5. The van der Waals surface area contributed by atoms with Crippen LogP contribution in [-0.4, -0.2) is 47.4 Å². The molecule has 0 aliphatic carbocycles. The molecule has 0 aromatic carbocycles. The van der Waals surface area contributed by atoms with Crippen LogP contribution in [0.3, 0.4) is 0 Å². The van der Waals surface area contributed by atoms with Crippen LogP contribution in [-0.2, 0) is 14.3 Å². The summed E-state index contributed by atoms with van der Waals surface area (Å²) in [6.07, 6.45) is 70.3. The van der Waals surface area contributed by atoms with E-state index >= 15 is 0 Å². The van der Waals surface area contributed by atoms with Gasteiger partial charge in [0.25, 0.3) is 0 Å². The van der Waals surface area contributed by atoms with E-state index in [1.54, 1.807) is 6.08 Å². The molecule has 2 atom stereocenters. The molecule has 0 saturated carbocycles. The van der Waals surface area contributed by atoms with Crippen LogP contribution in [0.4, 0.5) is 0 Å². The Bertz CT molecular complexity index is 1090. The van der Waals surface area contributed by atoms with E-state index in [4.69, 9.17) is 4.74 Å². The van der Waals surface area contributed by atoms with Gasteiger partial charge in [0, 0.05) is 12.8 Å². The van der Waals surface area contributed by atoms with Crippen molar-refractivity contribution >= 4 is 11.9 Å². The molecular weight excluding hydrogens is 827 g/mol. The average Bonchev–Trinajstić information content (AvgIpc) is 3.33. The first-order valence-electron chi connectivity index (χ1n) is 29.8. The highest BCUT2D eigenvalue weighted by Crippen LogP contribution is 2.16. The van der Waals surface area contributed by atoms with Crippen molar-refractivity contribution in [2.75, 3.05) is 13.2 Å². The van der Waals surface area contributed by atoms with Gasteiger partial charge < -0.3 is 20.3 Å². The van der Waals surface area contributed by atoms with Gasteiger partial charge >= 0.3 is 5.97 Å². The predicted molar refractivity (Wildman–Crippen MR) is 292 cm³/mol. The van der Waals surface area contributed by atoms with E-state index in [1.165, 1.54) is 238 Å². The van der Waals surface area contributed by atoms with E-state index in [9.17, 15) is 19.8 Å². The Morgan fingerprint density at radius 3 is 1.06 bits per heavy atom. The SMILES string of the molecule is CCCCCCCCC/C=C\CCCCCCCC(=O)OCCCCCCCCCCC/C=C\CCCCCCCCCC(=O)NC(CO)C(O)/C=C/CCCCCCCCCCCCCC. The quantitative estimate of drug-likeness (QED) is 0.0321. The Labute approximate surface area is 417 Å². The third kappa shape index (κ3) is 53.3. The van der Waals surface area contributed by atoms with Gasteiger partial charge in [-0.15, -0.1) is 0 Å². The number of allylic oxidation sites excluding steroid dienone is 5. The number of carbonyl (C=O) groups excluding carboxylic acids is 2. The maximum atomic E-state index is 12.4. The number of aliphatic hydroxyl groups is 2. The van der Waals surface area contributed by atoms with Crippen molar-refractivity contribution in [3.05, 3.63) is 36.5 Å². The van der Waals surface area contributed by atoms with E-state index in [1.807, 2.05) is 6.08 Å². The molecule has 2 unspecified atom stereocenters. The van der Waals surface area contributed by atoms with E-state index < -0.39 is 12.1 Å². The minimum absolute atomic E-state index is 0.00201. The summed E-state index contributed by atoms with van der Waals surface area (Å²) in [5.74, 6) is -0.0785. The molecule has 6 heteroatoms. The van der Waals surface area contributed by atoms with Crippen molar-refractivity contribution in [1.82, 2.24) is 5.32 Å². The minimum atomic E-state index is -0.850. The Hall–Kier alpha value is -1.92. The highest BCUT2D eigenvalue weighted by Gasteiger charge is 2.18. The zero-order chi connectivity index (χ0) is 48.6. The van der Waals surface area contributed by atoms with Gasteiger partial charge in [-0.05, 0) is 83.5 Å². The minimum Gasteiger partial charge on any atom is -0.466 e. The second-order valence-electron chi connectivity index (χ2n) is 20.3. The summed E-state index contributed by atoms with van der Waals surface area (Å²) in [5, 5.41) is 23.1. The van der Waals surface area contributed by atoms with Crippen molar-refractivity contribution in [2.45, 2.75) is 328 Å².